The molecule has 1 aromatic carbocycles. The molecule has 0 spiro atoms. The third-order valence-electron chi connectivity index (χ3n) is 2.58. The van der Waals surface area contributed by atoms with Crippen molar-refractivity contribution < 1.29 is 18.7 Å². The van der Waals surface area contributed by atoms with Crippen LogP contribution in [0.4, 0.5) is 4.39 Å². The second-order valence-electron chi connectivity index (χ2n) is 3.73. The lowest BCUT2D eigenvalue weighted by Gasteiger charge is -2.14. The largest absolute Gasteiger partial charge is 0.497 e. The summed E-state index contributed by atoms with van der Waals surface area (Å²) < 4.78 is 23.8. The fourth-order valence-electron chi connectivity index (χ4n) is 1.66. The Morgan fingerprint density at radius 2 is 2.29 bits per heavy atom. The van der Waals surface area contributed by atoms with E-state index in [1.807, 2.05) is 0 Å². The van der Waals surface area contributed by atoms with E-state index in [0.717, 1.165) is 12.8 Å². The molecule has 3 nitrogen and oxygen atoms in total. The molecule has 17 heavy (non-hydrogen) atoms. The van der Waals surface area contributed by atoms with E-state index in [0.29, 0.717) is 12.4 Å². The molecule has 1 aromatic rings. The number of benzene rings is 1. The normalized spacial score (nSPS) is 14.8. The molecule has 0 radical (unpaired) electrons. The van der Waals surface area contributed by atoms with Crippen LogP contribution in [0.3, 0.4) is 0 Å². The third kappa shape index (κ3) is 2.46. The van der Waals surface area contributed by atoms with E-state index in [2.05, 4.69) is 0 Å². The molecule has 2 rings (SSSR count). The Kier molecular flexibility index (Phi) is 3.42. The fraction of sp³-hybridized carbons (Fsp3) is 0.308. The summed E-state index contributed by atoms with van der Waals surface area (Å²) in [6.45, 7) is 0.509. The lowest BCUT2D eigenvalue weighted by atomic mass is 10.1. The average molecular weight is 236 g/mol. The van der Waals surface area contributed by atoms with Crippen molar-refractivity contribution in [2.24, 2.45) is 0 Å². The van der Waals surface area contributed by atoms with Gasteiger partial charge in [-0.3, -0.25) is 4.79 Å². The summed E-state index contributed by atoms with van der Waals surface area (Å²) in [5.41, 5.74) is 0.0129. The van der Waals surface area contributed by atoms with Crippen LogP contribution >= 0.6 is 0 Å². The first-order valence-electron chi connectivity index (χ1n) is 5.43. The minimum atomic E-state index is -0.593. The van der Waals surface area contributed by atoms with E-state index in [-0.39, 0.29) is 11.3 Å². The minimum absolute atomic E-state index is 0.0129. The number of carbonyl (C=O) groups is 1. The van der Waals surface area contributed by atoms with Crippen molar-refractivity contribution in [1.29, 1.82) is 0 Å². The Hall–Kier alpha value is -1.84. The molecule has 0 saturated carbocycles. The highest BCUT2D eigenvalue weighted by Gasteiger charge is 2.19. The van der Waals surface area contributed by atoms with E-state index < -0.39 is 11.6 Å². The molecule has 0 unspecified atom stereocenters. The highest BCUT2D eigenvalue weighted by atomic mass is 19.1. The zero-order valence-corrected chi connectivity index (χ0v) is 9.53. The van der Waals surface area contributed by atoms with Crippen molar-refractivity contribution in [3.05, 3.63) is 41.4 Å². The molecule has 0 aromatic heterocycles. The Labute approximate surface area is 98.8 Å². The van der Waals surface area contributed by atoms with Gasteiger partial charge < -0.3 is 9.47 Å². The quantitative estimate of drug-likeness (QED) is 0.757. The first kappa shape index (κ1) is 11.6. The van der Waals surface area contributed by atoms with Gasteiger partial charge in [0, 0.05) is 6.07 Å². The predicted octanol–water partition coefficient (Wildman–Crippen LogP) is 2.71. The second-order valence-corrected chi connectivity index (χ2v) is 3.73. The van der Waals surface area contributed by atoms with Gasteiger partial charge >= 0.3 is 0 Å². The second kappa shape index (κ2) is 4.99. The van der Waals surface area contributed by atoms with Crippen molar-refractivity contribution in [1.82, 2.24) is 0 Å². The molecule has 0 amide bonds. The molecule has 0 saturated heterocycles. The highest BCUT2D eigenvalue weighted by Crippen LogP contribution is 2.21. The SMILES string of the molecule is COc1ccc(C(=O)C2=CCCCO2)c(F)c1. The summed E-state index contributed by atoms with van der Waals surface area (Å²) in [6, 6.07) is 4.16. The number of halogens is 1. The lowest BCUT2D eigenvalue weighted by molar-refractivity contribution is 0.0895. The molecular formula is C13H13FO3. The van der Waals surface area contributed by atoms with Crippen molar-refractivity contribution in [2.45, 2.75) is 12.8 Å². The zero-order valence-electron chi connectivity index (χ0n) is 9.53. The number of hydrogen-bond donors (Lipinski definition) is 0. The van der Waals surface area contributed by atoms with Gasteiger partial charge in [-0.05, 0) is 31.1 Å². The molecule has 4 heteroatoms. The van der Waals surface area contributed by atoms with Crippen LogP contribution in [0.25, 0.3) is 0 Å². The Morgan fingerprint density at radius 3 is 2.88 bits per heavy atom. The van der Waals surface area contributed by atoms with E-state index in [9.17, 15) is 9.18 Å². The molecule has 1 heterocycles. The molecule has 0 atom stereocenters. The van der Waals surface area contributed by atoms with Gasteiger partial charge in [-0.2, -0.15) is 0 Å². The molecule has 0 fully saturated rings. The first-order chi connectivity index (χ1) is 8.22. The van der Waals surface area contributed by atoms with Crippen LogP contribution in [0.15, 0.2) is 30.0 Å². The number of hydrogen-bond acceptors (Lipinski definition) is 3. The van der Waals surface area contributed by atoms with Gasteiger partial charge in [0.05, 0.1) is 19.3 Å². The number of allylic oxidation sites excluding steroid dienone is 2. The Balaban J connectivity index is 2.27. The number of ketones is 1. The van der Waals surface area contributed by atoms with E-state index >= 15 is 0 Å². The Bertz CT molecular complexity index is 466. The first-order valence-corrected chi connectivity index (χ1v) is 5.43. The van der Waals surface area contributed by atoms with Gasteiger partial charge in [0.2, 0.25) is 5.78 Å². The lowest BCUT2D eigenvalue weighted by Crippen LogP contribution is -2.12. The molecule has 1 aliphatic rings. The number of ether oxygens (including phenoxy) is 2. The summed E-state index contributed by atoms with van der Waals surface area (Å²) >= 11 is 0. The van der Waals surface area contributed by atoms with Crippen molar-refractivity contribution >= 4 is 5.78 Å². The maximum Gasteiger partial charge on any atom is 0.230 e. The van der Waals surface area contributed by atoms with Crippen LogP contribution in [0.1, 0.15) is 23.2 Å². The molecule has 90 valence electrons. The molecule has 0 aliphatic carbocycles. The third-order valence-corrected chi connectivity index (χ3v) is 2.58. The van der Waals surface area contributed by atoms with Gasteiger partial charge in [-0.1, -0.05) is 0 Å². The summed E-state index contributed by atoms with van der Waals surface area (Å²) in [6.07, 6.45) is 3.39. The molecular weight excluding hydrogens is 223 g/mol. The minimum Gasteiger partial charge on any atom is -0.497 e. The number of Topliss-reactive ketones (excluding diaryl/α,β-unsaturated/α-hetero) is 1. The summed E-state index contributed by atoms with van der Waals surface area (Å²) in [5.74, 6) is -0.382. The van der Waals surface area contributed by atoms with E-state index in [4.69, 9.17) is 9.47 Å². The van der Waals surface area contributed by atoms with E-state index in [1.54, 1.807) is 12.1 Å². The van der Waals surface area contributed by atoms with Gasteiger partial charge in [0.1, 0.15) is 11.6 Å². The van der Waals surface area contributed by atoms with Gasteiger partial charge in [-0.25, -0.2) is 4.39 Å². The van der Waals surface area contributed by atoms with Crippen LogP contribution in [0, 0.1) is 5.82 Å². The van der Waals surface area contributed by atoms with Gasteiger partial charge in [-0.15, -0.1) is 0 Å². The topological polar surface area (TPSA) is 35.5 Å². The maximum absolute atomic E-state index is 13.7. The predicted molar refractivity (Wildman–Crippen MR) is 60.6 cm³/mol. The van der Waals surface area contributed by atoms with Crippen molar-refractivity contribution in [3.8, 4) is 5.75 Å². The fourth-order valence-corrected chi connectivity index (χ4v) is 1.66. The molecule has 1 aliphatic heterocycles. The van der Waals surface area contributed by atoms with Crippen molar-refractivity contribution in [3.63, 3.8) is 0 Å². The van der Waals surface area contributed by atoms with Crippen LogP contribution in [0.5, 0.6) is 5.75 Å². The van der Waals surface area contributed by atoms with Crippen LogP contribution < -0.4 is 4.74 Å². The molecule has 0 N–H and O–H groups in total. The van der Waals surface area contributed by atoms with E-state index in [1.165, 1.54) is 19.2 Å². The molecule has 0 bridgehead atoms. The average Bonchev–Trinajstić information content (AvgIpc) is 2.39. The smallest absolute Gasteiger partial charge is 0.230 e. The maximum atomic E-state index is 13.7. The number of carbonyl (C=O) groups excluding carboxylic acids is 1. The van der Waals surface area contributed by atoms with Crippen LogP contribution in [-0.4, -0.2) is 19.5 Å². The zero-order chi connectivity index (χ0) is 12.3. The van der Waals surface area contributed by atoms with Crippen molar-refractivity contribution in [2.75, 3.05) is 13.7 Å². The number of methoxy groups -OCH3 is 1. The summed E-state index contributed by atoms with van der Waals surface area (Å²) in [7, 11) is 1.45. The summed E-state index contributed by atoms with van der Waals surface area (Å²) in [4.78, 5) is 11.9. The summed E-state index contributed by atoms with van der Waals surface area (Å²) in [5, 5.41) is 0. The van der Waals surface area contributed by atoms with Crippen LogP contribution in [-0.2, 0) is 4.74 Å². The highest BCUT2D eigenvalue weighted by molar-refractivity contribution is 6.07. The number of rotatable bonds is 3. The van der Waals surface area contributed by atoms with Gasteiger partial charge in [0.25, 0.3) is 0 Å². The van der Waals surface area contributed by atoms with Gasteiger partial charge in [0.15, 0.2) is 5.76 Å². The Morgan fingerprint density at radius 1 is 1.47 bits per heavy atom. The standard InChI is InChI=1S/C13H13FO3/c1-16-9-5-6-10(11(14)8-9)13(15)12-4-2-3-7-17-12/h4-6,8H,2-3,7H2,1H3. The monoisotopic (exact) mass is 236 g/mol. The van der Waals surface area contributed by atoms with Crippen LogP contribution in [0.2, 0.25) is 0 Å².